The fourth-order valence-corrected chi connectivity index (χ4v) is 3.85. The van der Waals surface area contributed by atoms with Gasteiger partial charge in [-0.2, -0.15) is 0 Å². The third-order valence-corrected chi connectivity index (χ3v) is 5.50. The maximum Gasteiger partial charge on any atom is 0.325 e. The fraction of sp³-hybridized carbons (Fsp3) is 0.211. The lowest BCUT2D eigenvalue weighted by molar-refractivity contribution is -0.132. The Kier molecular flexibility index (Phi) is 4.27. The molecular formula is C19H16FN3O3S. The molecule has 3 amide bonds. The van der Waals surface area contributed by atoms with E-state index in [2.05, 4.69) is 10.3 Å². The van der Waals surface area contributed by atoms with Crippen LogP contribution in [0, 0.1) is 5.82 Å². The number of carbonyl (C=O) groups is 2. The fourth-order valence-electron chi connectivity index (χ4n) is 3.20. The molecule has 1 aromatic carbocycles. The number of urea groups is 1. The number of oxazole rings is 1. The standard InChI is InChI=1S/C19H16FN3O3S/c1-2-19(12-5-7-13(20)8-6-12)17(24)23(18(25)22-19)10-14-11-26-16(21-14)15-4-3-9-27-15/h3-9,11H,2,10H2,1H3,(H,22,25). The molecule has 138 valence electrons. The normalized spacial score (nSPS) is 19.6. The number of thiophene rings is 1. The summed E-state index contributed by atoms with van der Waals surface area (Å²) in [5.74, 6) is -0.336. The second-order valence-corrected chi connectivity index (χ2v) is 7.16. The van der Waals surface area contributed by atoms with Crippen molar-refractivity contribution in [1.82, 2.24) is 15.2 Å². The van der Waals surface area contributed by atoms with Gasteiger partial charge in [0, 0.05) is 0 Å². The number of rotatable bonds is 5. The van der Waals surface area contributed by atoms with Gasteiger partial charge < -0.3 is 9.73 Å². The molecule has 4 rings (SSSR count). The van der Waals surface area contributed by atoms with Crippen LogP contribution in [-0.4, -0.2) is 21.8 Å². The number of halogens is 1. The van der Waals surface area contributed by atoms with Gasteiger partial charge in [-0.15, -0.1) is 11.3 Å². The monoisotopic (exact) mass is 385 g/mol. The van der Waals surface area contributed by atoms with E-state index in [1.807, 2.05) is 17.5 Å². The zero-order valence-electron chi connectivity index (χ0n) is 14.4. The lowest BCUT2D eigenvalue weighted by Gasteiger charge is -2.25. The first-order chi connectivity index (χ1) is 13.0. The van der Waals surface area contributed by atoms with E-state index in [1.54, 1.807) is 6.92 Å². The first-order valence-corrected chi connectivity index (χ1v) is 9.30. The van der Waals surface area contributed by atoms with E-state index >= 15 is 0 Å². The lowest BCUT2D eigenvalue weighted by atomic mass is 9.87. The number of benzene rings is 1. The third-order valence-electron chi connectivity index (χ3n) is 4.65. The molecular weight excluding hydrogens is 369 g/mol. The van der Waals surface area contributed by atoms with Crippen LogP contribution in [0.25, 0.3) is 10.8 Å². The molecule has 0 spiro atoms. The highest BCUT2D eigenvalue weighted by Gasteiger charge is 2.51. The molecule has 1 saturated heterocycles. The number of nitrogens with one attached hydrogen (secondary N) is 1. The van der Waals surface area contributed by atoms with Crippen molar-refractivity contribution < 1.29 is 18.4 Å². The van der Waals surface area contributed by atoms with Gasteiger partial charge in [0.15, 0.2) is 0 Å². The second kappa shape index (κ2) is 6.62. The van der Waals surface area contributed by atoms with Gasteiger partial charge in [0.2, 0.25) is 5.89 Å². The van der Waals surface area contributed by atoms with Gasteiger partial charge in [0.25, 0.3) is 5.91 Å². The van der Waals surface area contributed by atoms with E-state index in [-0.39, 0.29) is 12.5 Å². The van der Waals surface area contributed by atoms with E-state index < -0.39 is 17.4 Å². The SMILES string of the molecule is CCC1(c2ccc(F)cc2)NC(=O)N(Cc2coc(-c3cccs3)n2)C1=O. The molecule has 1 aliphatic heterocycles. The van der Waals surface area contributed by atoms with E-state index in [1.165, 1.54) is 41.9 Å². The molecule has 0 bridgehead atoms. The number of carbonyl (C=O) groups excluding carboxylic acids is 2. The Morgan fingerprint density at radius 3 is 2.70 bits per heavy atom. The number of imide groups is 1. The molecule has 1 fully saturated rings. The van der Waals surface area contributed by atoms with Gasteiger partial charge in [-0.25, -0.2) is 14.2 Å². The van der Waals surface area contributed by atoms with Crippen molar-refractivity contribution in [2.75, 3.05) is 0 Å². The van der Waals surface area contributed by atoms with Crippen molar-refractivity contribution in [1.29, 1.82) is 0 Å². The molecule has 0 aliphatic carbocycles. The summed E-state index contributed by atoms with van der Waals surface area (Å²) in [6.07, 6.45) is 1.79. The highest BCUT2D eigenvalue weighted by atomic mass is 32.1. The highest BCUT2D eigenvalue weighted by Crippen LogP contribution is 2.33. The Morgan fingerprint density at radius 2 is 2.04 bits per heavy atom. The van der Waals surface area contributed by atoms with Gasteiger partial charge in [-0.3, -0.25) is 9.69 Å². The van der Waals surface area contributed by atoms with Crippen LogP contribution in [0.4, 0.5) is 9.18 Å². The molecule has 1 atom stereocenters. The quantitative estimate of drug-likeness (QED) is 0.676. The lowest BCUT2D eigenvalue weighted by Crippen LogP contribution is -2.43. The van der Waals surface area contributed by atoms with Gasteiger partial charge in [0.1, 0.15) is 17.6 Å². The molecule has 6 nitrogen and oxygen atoms in total. The van der Waals surface area contributed by atoms with Crippen LogP contribution in [0.3, 0.4) is 0 Å². The second-order valence-electron chi connectivity index (χ2n) is 6.21. The van der Waals surface area contributed by atoms with Crippen molar-refractivity contribution >= 4 is 23.3 Å². The molecule has 3 aromatic rings. The van der Waals surface area contributed by atoms with Crippen LogP contribution in [0.2, 0.25) is 0 Å². The largest absolute Gasteiger partial charge is 0.443 e. The molecule has 1 unspecified atom stereocenters. The maximum absolute atomic E-state index is 13.3. The van der Waals surface area contributed by atoms with Crippen LogP contribution in [-0.2, 0) is 16.9 Å². The predicted octanol–water partition coefficient (Wildman–Crippen LogP) is 3.90. The van der Waals surface area contributed by atoms with Crippen LogP contribution in [0.5, 0.6) is 0 Å². The van der Waals surface area contributed by atoms with E-state index in [4.69, 9.17) is 4.42 Å². The average Bonchev–Trinajstić information content (AvgIpc) is 3.39. The molecule has 8 heteroatoms. The highest BCUT2D eigenvalue weighted by molar-refractivity contribution is 7.13. The number of amides is 3. The molecule has 0 saturated carbocycles. The molecule has 1 aliphatic rings. The minimum absolute atomic E-state index is 0.00247. The van der Waals surface area contributed by atoms with Crippen LogP contribution in [0.15, 0.2) is 52.5 Å². The third kappa shape index (κ3) is 2.91. The maximum atomic E-state index is 13.3. The predicted molar refractivity (Wildman–Crippen MR) is 97.3 cm³/mol. The van der Waals surface area contributed by atoms with Gasteiger partial charge in [-0.05, 0) is 35.6 Å². The first kappa shape index (κ1) is 17.4. The Hall–Kier alpha value is -3.00. The molecule has 1 N–H and O–H groups in total. The smallest absolute Gasteiger partial charge is 0.325 e. The van der Waals surface area contributed by atoms with Crippen LogP contribution >= 0.6 is 11.3 Å². The molecule has 27 heavy (non-hydrogen) atoms. The molecule has 0 radical (unpaired) electrons. The van der Waals surface area contributed by atoms with Crippen LogP contribution < -0.4 is 5.32 Å². The summed E-state index contributed by atoms with van der Waals surface area (Å²) in [5.41, 5.74) is -0.176. The van der Waals surface area contributed by atoms with Crippen molar-refractivity contribution in [2.45, 2.75) is 25.4 Å². The summed E-state index contributed by atoms with van der Waals surface area (Å²) in [6, 6.07) is 8.85. The number of aromatic nitrogens is 1. The minimum Gasteiger partial charge on any atom is -0.443 e. The first-order valence-electron chi connectivity index (χ1n) is 8.42. The van der Waals surface area contributed by atoms with Gasteiger partial charge in [0.05, 0.1) is 17.1 Å². The van der Waals surface area contributed by atoms with Crippen molar-refractivity contribution in [2.24, 2.45) is 0 Å². The Bertz CT molecular complexity index is 984. The molecule has 2 aromatic heterocycles. The summed E-state index contributed by atoms with van der Waals surface area (Å²) in [4.78, 5) is 31.9. The minimum atomic E-state index is -1.20. The Labute approximate surface area is 158 Å². The zero-order chi connectivity index (χ0) is 19.0. The Balaban J connectivity index is 1.60. The van der Waals surface area contributed by atoms with E-state index in [9.17, 15) is 14.0 Å². The topological polar surface area (TPSA) is 75.4 Å². The summed E-state index contributed by atoms with van der Waals surface area (Å²) in [6.45, 7) is 1.80. The van der Waals surface area contributed by atoms with E-state index in [0.29, 0.717) is 23.6 Å². The van der Waals surface area contributed by atoms with Gasteiger partial charge >= 0.3 is 6.03 Å². The number of hydrogen-bond acceptors (Lipinski definition) is 5. The van der Waals surface area contributed by atoms with Crippen molar-refractivity contribution in [3.8, 4) is 10.8 Å². The van der Waals surface area contributed by atoms with Crippen molar-refractivity contribution in [3.63, 3.8) is 0 Å². The van der Waals surface area contributed by atoms with Gasteiger partial charge in [-0.1, -0.05) is 25.1 Å². The summed E-state index contributed by atoms with van der Waals surface area (Å²) in [7, 11) is 0. The Morgan fingerprint density at radius 1 is 1.26 bits per heavy atom. The molecule has 3 heterocycles. The average molecular weight is 385 g/mol. The van der Waals surface area contributed by atoms with E-state index in [0.717, 1.165) is 9.78 Å². The zero-order valence-corrected chi connectivity index (χ0v) is 15.3. The van der Waals surface area contributed by atoms with Crippen molar-refractivity contribution in [3.05, 3.63) is 65.1 Å². The number of nitrogens with zero attached hydrogens (tertiary/aromatic N) is 2. The summed E-state index contributed by atoms with van der Waals surface area (Å²) < 4.78 is 18.7. The van der Waals surface area contributed by atoms with Crippen LogP contribution in [0.1, 0.15) is 24.6 Å². The summed E-state index contributed by atoms with van der Waals surface area (Å²) in [5, 5.41) is 4.68. The summed E-state index contributed by atoms with van der Waals surface area (Å²) >= 11 is 1.49. The number of hydrogen-bond donors (Lipinski definition) is 1.